The summed E-state index contributed by atoms with van der Waals surface area (Å²) < 4.78 is 5.34. The molecule has 0 saturated heterocycles. The van der Waals surface area contributed by atoms with Crippen molar-refractivity contribution < 1.29 is 9.21 Å². The highest BCUT2D eigenvalue weighted by Crippen LogP contribution is 2.08. The smallest absolute Gasteiger partial charge is 0.237 e. The number of hydrogen-bond acceptors (Lipinski definition) is 4. The van der Waals surface area contributed by atoms with E-state index in [1.165, 1.54) is 0 Å². The molecule has 5 heteroatoms. The van der Waals surface area contributed by atoms with Gasteiger partial charge < -0.3 is 15.5 Å². The maximum atomic E-state index is 11.5. The van der Waals surface area contributed by atoms with Gasteiger partial charge in [-0.15, -0.1) is 0 Å². The summed E-state index contributed by atoms with van der Waals surface area (Å²) in [7, 11) is 0. The predicted octanol–water partition coefficient (Wildman–Crippen LogP) is 0.891. The van der Waals surface area contributed by atoms with Gasteiger partial charge in [-0.25, -0.2) is 4.98 Å². The summed E-state index contributed by atoms with van der Waals surface area (Å²) in [6.07, 6.45) is 0. The molecule has 0 aliphatic rings. The Morgan fingerprint density at radius 1 is 1.50 bits per heavy atom. The highest BCUT2D eigenvalue weighted by atomic mass is 16.4. The lowest BCUT2D eigenvalue weighted by molar-refractivity contribution is -0.123. The van der Waals surface area contributed by atoms with Crippen molar-refractivity contribution in [2.45, 2.75) is 40.3 Å². The maximum Gasteiger partial charge on any atom is 0.237 e. The first-order valence-corrected chi connectivity index (χ1v) is 5.38. The Labute approximate surface area is 95.4 Å². The molecular weight excluding hydrogens is 206 g/mol. The molecule has 1 aromatic heterocycles. The molecule has 16 heavy (non-hydrogen) atoms. The normalized spacial score (nSPS) is 12.9. The number of oxazole rings is 1. The van der Waals surface area contributed by atoms with E-state index in [2.05, 4.69) is 10.3 Å². The fourth-order valence-electron chi connectivity index (χ4n) is 1.20. The molecule has 0 fully saturated rings. The van der Waals surface area contributed by atoms with E-state index in [1.807, 2.05) is 27.7 Å². The Bertz CT molecular complexity index is 352. The number of amides is 1. The summed E-state index contributed by atoms with van der Waals surface area (Å²) >= 11 is 0. The minimum Gasteiger partial charge on any atom is -0.444 e. The zero-order chi connectivity index (χ0) is 12.3. The zero-order valence-electron chi connectivity index (χ0n) is 10.2. The lowest BCUT2D eigenvalue weighted by Gasteiger charge is -2.14. The number of aryl methyl sites for hydroxylation is 2. The molecule has 90 valence electrons. The summed E-state index contributed by atoms with van der Waals surface area (Å²) in [6, 6.07) is -0.489. The van der Waals surface area contributed by atoms with Crippen molar-refractivity contribution in [3.05, 3.63) is 17.3 Å². The van der Waals surface area contributed by atoms with Crippen molar-refractivity contribution in [2.24, 2.45) is 11.7 Å². The van der Waals surface area contributed by atoms with Crippen molar-refractivity contribution in [2.75, 3.05) is 0 Å². The third kappa shape index (κ3) is 3.06. The van der Waals surface area contributed by atoms with Crippen LogP contribution in [0.1, 0.15) is 31.2 Å². The average molecular weight is 225 g/mol. The SMILES string of the molecule is Cc1nc(CNC(=O)C(N)C(C)C)oc1C. The number of rotatable bonds is 4. The maximum absolute atomic E-state index is 11.5. The number of nitrogens with two attached hydrogens (primary N) is 1. The van der Waals surface area contributed by atoms with Gasteiger partial charge in [0, 0.05) is 0 Å². The molecular formula is C11H19N3O2. The predicted molar refractivity (Wildman–Crippen MR) is 60.6 cm³/mol. The molecule has 5 nitrogen and oxygen atoms in total. The molecule has 0 bridgehead atoms. The highest BCUT2D eigenvalue weighted by Gasteiger charge is 2.17. The third-order valence-electron chi connectivity index (χ3n) is 2.51. The van der Waals surface area contributed by atoms with E-state index in [-0.39, 0.29) is 18.4 Å². The van der Waals surface area contributed by atoms with E-state index in [1.54, 1.807) is 0 Å². The van der Waals surface area contributed by atoms with Crippen molar-refractivity contribution in [1.29, 1.82) is 0 Å². The first-order chi connectivity index (χ1) is 7.41. The van der Waals surface area contributed by atoms with Gasteiger partial charge in [0.2, 0.25) is 11.8 Å². The van der Waals surface area contributed by atoms with Gasteiger partial charge >= 0.3 is 0 Å². The lowest BCUT2D eigenvalue weighted by atomic mass is 10.1. The Morgan fingerprint density at radius 3 is 2.56 bits per heavy atom. The molecule has 0 radical (unpaired) electrons. The molecule has 0 saturated carbocycles. The van der Waals surface area contributed by atoms with Crippen LogP contribution in [-0.4, -0.2) is 16.9 Å². The van der Waals surface area contributed by atoms with Gasteiger partial charge in [-0.3, -0.25) is 4.79 Å². The molecule has 1 rings (SSSR count). The first kappa shape index (κ1) is 12.7. The second kappa shape index (κ2) is 5.12. The second-order valence-electron chi connectivity index (χ2n) is 4.24. The highest BCUT2D eigenvalue weighted by molar-refractivity contribution is 5.81. The van der Waals surface area contributed by atoms with Gasteiger partial charge in [0.1, 0.15) is 5.76 Å². The van der Waals surface area contributed by atoms with Crippen LogP contribution in [0.2, 0.25) is 0 Å². The van der Waals surface area contributed by atoms with Crippen LogP contribution < -0.4 is 11.1 Å². The molecule has 1 heterocycles. The Balaban J connectivity index is 2.49. The zero-order valence-corrected chi connectivity index (χ0v) is 10.2. The van der Waals surface area contributed by atoms with E-state index < -0.39 is 6.04 Å². The summed E-state index contributed by atoms with van der Waals surface area (Å²) in [5.74, 6) is 1.23. The fourth-order valence-corrected chi connectivity index (χ4v) is 1.20. The molecule has 0 spiro atoms. The number of aromatic nitrogens is 1. The number of nitrogens with zero attached hydrogens (tertiary/aromatic N) is 1. The fraction of sp³-hybridized carbons (Fsp3) is 0.636. The Morgan fingerprint density at radius 2 is 2.12 bits per heavy atom. The van der Waals surface area contributed by atoms with Crippen LogP contribution >= 0.6 is 0 Å². The molecule has 0 aliphatic carbocycles. The standard InChI is InChI=1S/C11H19N3O2/c1-6(2)10(12)11(15)13-5-9-14-7(3)8(4)16-9/h6,10H,5,12H2,1-4H3,(H,13,15). The molecule has 1 atom stereocenters. The summed E-state index contributed by atoms with van der Waals surface area (Å²) in [5.41, 5.74) is 6.54. The van der Waals surface area contributed by atoms with Crippen LogP contribution in [0.25, 0.3) is 0 Å². The number of nitrogens with one attached hydrogen (secondary N) is 1. The largest absolute Gasteiger partial charge is 0.444 e. The van der Waals surface area contributed by atoms with Gasteiger partial charge in [0.05, 0.1) is 18.3 Å². The molecule has 1 unspecified atom stereocenters. The average Bonchev–Trinajstić information content (AvgIpc) is 2.53. The number of carbonyl (C=O) groups excluding carboxylic acids is 1. The summed E-state index contributed by atoms with van der Waals surface area (Å²) in [4.78, 5) is 15.7. The van der Waals surface area contributed by atoms with Crippen LogP contribution in [0.3, 0.4) is 0 Å². The van der Waals surface area contributed by atoms with Crippen molar-refractivity contribution >= 4 is 5.91 Å². The van der Waals surface area contributed by atoms with Crippen molar-refractivity contribution in [1.82, 2.24) is 10.3 Å². The summed E-state index contributed by atoms with van der Waals surface area (Å²) in [5, 5.41) is 2.70. The first-order valence-electron chi connectivity index (χ1n) is 5.38. The van der Waals surface area contributed by atoms with E-state index in [4.69, 9.17) is 10.2 Å². The van der Waals surface area contributed by atoms with Gasteiger partial charge in [-0.05, 0) is 19.8 Å². The van der Waals surface area contributed by atoms with Crippen LogP contribution in [0.4, 0.5) is 0 Å². The van der Waals surface area contributed by atoms with Crippen molar-refractivity contribution in [3.63, 3.8) is 0 Å². The van der Waals surface area contributed by atoms with Crippen LogP contribution in [0, 0.1) is 19.8 Å². The number of carbonyl (C=O) groups is 1. The van der Waals surface area contributed by atoms with E-state index >= 15 is 0 Å². The van der Waals surface area contributed by atoms with Gasteiger partial charge in [-0.2, -0.15) is 0 Å². The van der Waals surface area contributed by atoms with Crippen LogP contribution in [0.15, 0.2) is 4.42 Å². The van der Waals surface area contributed by atoms with Crippen LogP contribution in [0.5, 0.6) is 0 Å². The van der Waals surface area contributed by atoms with Crippen molar-refractivity contribution in [3.8, 4) is 0 Å². The quantitative estimate of drug-likeness (QED) is 0.797. The van der Waals surface area contributed by atoms with E-state index in [0.29, 0.717) is 5.89 Å². The molecule has 0 aliphatic heterocycles. The van der Waals surface area contributed by atoms with E-state index in [0.717, 1.165) is 11.5 Å². The minimum atomic E-state index is -0.489. The second-order valence-corrected chi connectivity index (χ2v) is 4.24. The third-order valence-corrected chi connectivity index (χ3v) is 2.51. The van der Waals surface area contributed by atoms with Gasteiger partial charge in [0.15, 0.2) is 0 Å². The Hall–Kier alpha value is -1.36. The Kier molecular flexibility index (Phi) is 4.06. The van der Waals surface area contributed by atoms with Gasteiger partial charge in [-0.1, -0.05) is 13.8 Å². The minimum absolute atomic E-state index is 0.119. The molecule has 1 amide bonds. The molecule has 0 aromatic carbocycles. The topological polar surface area (TPSA) is 81.2 Å². The number of hydrogen-bond donors (Lipinski definition) is 2. The van der Waals surface area contributed by atoms with Gasteiger partial charge in [0.25, 0.3) is 0 Å². The summed E-state index contributed by atoms with van der Waals surface area (Å²) in [6.45, 7) is 7.80. The molecule has 3 N–H and O–H groups in total. The lowest BCUT2D eigenvalue weighted by Crippen LogP contribution is -2.43. The van der Waals surface area contributed by atoms with Crippen LogP contribution in [-0.2, 0) is 11.3 Å². The molecule has 1 aromatic rings. The van der Waals surface area contributed by atoms with E-state index in [9.17, 15) is 4.79 Å². The monoisotopic (exact) mass is 225 g/mol.